The topological polar surface area (TPSA) is 82.6 Å². The van der Waals surface area contributed by atoms with Crippen molar-refractivity contribution in [1.82, 2.24) is 15.4 Å². The second kappa shape index (κ2) is 12.9. The highest BCUT2D eigenvalue weighted by atomic mass is 127. The van der Waals surface area contributed by atoms with Crippen LogP contribution < -0.4 is 15.4 Å². The third-order valence-electron chi connectivity index (χ3n) is 4.14. The molecule has 0 heterocycles. The fourth-order valence-corrected chi connectivity index (χ4v) is 4.20. The van der Waals surface area contributed by atoms with E-state index in [1.807, 2.05) is 45.0 Å². The number of aryl methyl sites for hydroxylation is 1. The van der Waals surface area contributed by atoms with Crippen LogP contribution in [0.3, 0.4) is 0 Å². The molecular formula is C22H33IN4O2S. The smallest absolute Gasteiger partial charge is 0.216 e. The van der Waals surface area contributed by atoms with E-state index in [9.17, 15) is 8.42 Å². The van der Waals surface area contributed by atoms with Gasteiger partial charge in [-0.1, -0.05) is 54.1 Å². The van der Waals surface area contributed by atoms with E-state index < -0.39 is 10.0 Å². The maximum Gasteiger partial charge on any atom is 0.216 e. The number of rotatable bonds is 9. The summed E-state index contributed by atoms with van der Waals surface area (Å²) in [6.45, 7) is 9.72. The molecule has 2 rings (SSSR count). The van der Waals surface area contributed by atoms with Gasteiger partial charge >= 0.3 is 0 Å². The van der Waals surface area contributed by atoms with Crippen LogP contribution in [0.2, 0.25) is 0 Å². The van der Waals surface area contributed by atoms with Crippen molar-refractivity contribution < 1.29 is 8.42 Å². The molecule has 0 aliphatic rings. The van der Waals surface area contributed by atoms with Gasteiger partial charge < -0.3 is 10.6 Å². The SMILES string of the molecule is CCNC(=NCc1ccc(CS(=O)(=O)NC(C)C)cc1)NCc1ccc(C)cc1.I. The lowest BCUT2D eigenvalue weighted by molar-refractivity contribution is 0.569. The average molecular weight is 545 g/mol. The first-order valence-electron chi connectivity index (χ1n) is 9.93. The summed E-state index contributed by atoms with van der Waals surface area (Å²) in [5, 5.41) is 6.58. The lowest BCUT2D eigenvalue weighted by atomic mass is 10.1. The standard InChI is InChI=1S/C22H32N4O2S.HI/c1-5-23-22(24-14-19-8-6-18(4)7-9-19)25-15-20-10-12-21(13-11-20)16-29(27,28)26-17(2)3;/h6-13,17,26H,5,14-16H2,1-4H3,(H2,23,24,25);1H. The van der Waals surface area contributed by atoms with Crippen LogP contribution in [-0.4, -0.2) is 27.0 Å². The third-order valence-corrected chi connectivity index (χ3v) is 5.68. The molecule has 0 atom stereocenters. The Morgan fingerprint density at radius 3 is 2.07 bits per heavy atom. The van der Waals surface area contributed by atoms with E-state index in [2.05, 4.69) is 51.5 Å². The molecule has 3 N–H and O–H groups in total. The van der Waals surface area contributed by atoms with E-state index in [0.717, 1.165) is 23.6 Å². The molecule has 0 bridgehead atoms. The number of hydrogen-bond donors (Lipinski definition) is 3. The molecule has 0 aromatic heterocycles. The van der Waals surface area contributed by atoms with Crippen LogP contribution in [0.4, 0.5) is 0 Å². The van der Waals surface area contributed by atoms with Crippen molar-refractivity contribution in [1.29, 1.82) is 0 Å². The highest BCUT2D eigenvalue weighted by Gasteiger charge is 2.12. The van der Waals surface area contributed by atoms with Crippen molar-refractivity contribution >= 4 is 40.0 Å². The van der Waals surface area contributed by atoms with Gasteiger partial charge in [-0.05, 0) is 44.4 Å². The molecule has 6 nitrogen and oxygen atoms in total. The summed E-state index contributed by atoms with van der Waals surface area (Å²) in [6.07, 6.45) is 0. The predicted octanol–water partition coefficient (Wildman–Crippen LogP) is 3.70. The maximum atomic E-state index is 12.0. The lowest BCUT2D eigenvalue weighted by Crippen LogP contribution is -2.36. The van der Waals surface area contributed by atoms with Gasteiger partial charge in [-0.15, -0.1) is 24.0 Å². The molecule has 0 saturated carbocycles. The van der Waals surface area contributed by atoms with Gasteiger partial charge in [-0.3, -0.25) is 0 Å². The van der Waals surface area contributed by atoms with Gasteiger partial charge in [0.15, 0.2) is 5.96 Å². The molecule has 0 radical (unpaired) electrons. The second-order valence-corrected chi connectivity index (χ2v) is 9.14. The molecule has 8 heteroatoms. The van der Waals surface area contributed by atoms with Crippen molar-refractivity contribution in [2.75, 3.05) is 6.54 Å². The van der Waals surface area contributed by atoms with E-state index >= 15 is 0 Å². The Hall–Kier alpha value is -1.65. The van der Waals surface area contributed by atoms with Crippen LogP contribution in [0, 0.1) is 6.92 Å². The first-order valence-corrected chi connectivity index (χ1v) is 11.6. The highest BCUT2D eigenvalue weighted by molar-refractivity contribution is 14.0. The van der Waals surface area contributed by atoms with Crippen LogP contribution in [0.15, 0.2) is 53.5 Å². The van der Waals surface area contributed by atoms with E-state index in [1.165, 1.54) is 11.1 Å². The van der Waals surface area contributed by atoms with Crippen LogP contribution in [0.25, 0.3) is 0 Å². The molecular weight excluding hydrogens is 511 g/mol. The number of sulfonamides is 1. The Morgan fingerprint density at radius 1 is 0.933 bits per heavy atom. The van der Waals surface area contributed by atoms with Crippen molar-refractivity contribution in [2.24, 2.45) is 4.99 Å². The van der Waals surface area contributed by atoms with E-state index in [1.54, 1.807) is 0 Å². The molecule has 30 heavy (non-hydrogen) atoms. The van der Waals surface area contributed by atoms with Crippen molar-refractivity contribution in [3.8, 4) is 0 Å². The molecule has 2 aromatic carbocycles. The van der Waals surface area contributed by atoms with Gasteiger partial charge in [0.05, 0.1) is 12.3 Å². The van der Waals surface area contributed by atoms with Crippen LogP contribution in [-0.2, 0) is 28.9 Å². The zero-order valence-corrected chi connectivity index (χ0v) is 21.3. The van der Waals surface area contributed by atoms with Crippen molar-refractivity contribution in [3.05, 3.63) is 70.8 Å². The Labute approximate surface area is 198 Å². The Bertz CT molecular complexity index is 896. The third kappa shape index (κ3) is 9.90. The molecule has 0 amide bonds. The number of hydrogen-bond acceptors (Lipinski definition) is 3. The average Bonchev–Trinajstić information content (AvgIpc) is 2.65. The fourth-order valence-electron chi connectivity index (χ4n) is 2.76. The molecule has 0 aliphatic carbocycles. The van der Waals surface area contributed by atoms with E-state index in [0.29, 0.717) is 13.1 Å². The Kier molecular flexibility index (Phi) is 11.4. The molecule has 0 spiro atoms. The molecule has 166 valence electrons. The van der Waals surface area contributed by atoms with Crippen molar-refractivity contribution in [3.63, 3.8) is 0 Å². The summed E-state index contributed by atoms with van der Waals surface area (Å²) in [5.41, 5.74) is 4.22. The predicted molar refractivity (Wildman–Crippen MR) is 136 cm³/mol. The van der Waals surface area contributed by atoms with Gasteiger partial charge in [0.1, 0.15) is 0 Å². The zero-order valence-electron chi connectivity index (χ0n) is 18.1. The quantitative estimate of drug-likeness (QED) is 0.256. The first kappa shape index (κ1) is 26.4. The zero-order chi connectivity index (χ0) is 21.3. The number of halogens is 1. The largest absolute Gasteiger partial charge is 0.357 e. The van der Waals surface area contributed by atoms with E-state index in [-0.39, 0.29) is 35.8 Å². The van der Waals surface area contributed by atoms with Crippen molar-refractivity contribution in [2.45, 2.75) is 52.6 Å². The van der Waals surface area contributed by atoms with Gasteiger partial charge in [0.25, 0.3) is 0 Å². The lowest BCUT2D eigenvalue weighted by Gasteiger charge is -2.12. The van der Waals surface area contributed by atoms with Gasteiger partial charge in [0, 0.05) is 19.1 Å². The van der Waals surface area contributed by atoms with Crippen LogP contribution in [0.5, 0.6) is 0 Å². The molecule has 0 unspecified atom stereocenters. The summed E-state index contributed by atoms with van der Waals surface area (Å²) in [7, 11) is -3.31. The Morgan fingerprint density at radius 2 is 1.50 bits per heavy atom. The molecule has 0 saturated heterocycles. The summed E-state index contributed by atoms with van der Waals surface area (Å²) in [4.78, 5) is 4.62. The number of guanidine groups is 1. The first-order chi connectivity index (χ1) is 13.8. The summed E-state index contributed by atoms with van der Waals surface area (Å²) in [6, 6.07) is 15.8. The molecule has 0 fully saturated rings. The maximum absolute atomic E-state index is 12.0. The van der Waals surface area contributed by atoms with Crippen LogP contribution >= 0.6 is 24.0 Å². The Balaban J connectivity index is 0.00000450. The van der Waals surface area contributed by atoms with Gasteiger partial charge in [-0.25, -0.2) is 18.1 Å². The summed E-state index contributed by atoms with van der Waals surface area (Å²) in [5.74, 6) is 0.732. The van der Waals surface area contributed by atoms with Gasteiger partial charge in [0.2, 0.25) is 10.0 Å². The minimum absolute atomic E-state index is 0. The normalized spacial score (nSPS) is 11.8. The molecule has 0 aliphatic heterocycles. The summed E-state index contributed by atoms with van der Waals surface area (Å²) >= 11 is 0. The fraction of sp³-hybridized carbons (Fsp3) is 0.409. The number of nitrogens with one attached hydrogen (secondary N) is 3. The second-order valence-electron chi connectivity index (χ2n) is 7.38. The summed E-state index contributed by atoms with van der Waals surface area (Å²) < 4.78 is 26.7. The minimum atomic E-state index is -3.31. The monoisotopic (exact) mass is 544 g/mol. The number of nitrogens with zero attached hydrogens (tertiary/aromatic N) is 1. The molecule has 2 aromatic rings. The van der Waals surface area contributed by atoms with Crippen LogP contribution in [0.1, 0.15) is 43.0 Å². The van der Waals surface area contributed by atoms with Gasteiger partial charge in [-0.2, -0.15) is 0 Å². The minimum Gasteiger partial charge on any atom is -0.357 e. The highest BCUT2D eigenvalue weighted by Crippen LogP contribution is 2.09. The number of aliphatic imine (C=N–C) groups is 1. The number of benzene rings is 2. The van der Waals surface area contributed by atoms with E-state index in [4.69, 9.17) is 0 Å².